The molecule has 2 aromatic rings. The van der Waals surface area contributed by atoms with Crippen molar-refractivity contribution in [3.05, 3.63) is 40.9 Å². The number of amides is 1. The Kier molecular flexibility index (Phi) is 6.60. The highest BCUT2D eigenvalue weighted by molar-refractivity contribution is 7.89. The molecule has 0 bridgehead atoms. The zero-order valence-corrected chi connectivity index (χ0v) is 17.0. The molecule has 13 heteroatoms. The van der Waals surface area contributed by atoms with Gasteiger partial charge in [0, 0.05) is 32.1 Å². The second kappa shape index (κ2) is 8.28. The zero-order chi connectivity index (χ0) is 22.1. The molecule has 0 aliphatic heterocycles. The van der Waals surface area contributed by atoms with Crippen LogP contribution in [0.5, 0.6) is 0 Å². The van der Waals surface area contributed by atoms with Gasteiger partial charge in [0.25, 0.3) is 18.3 Å². The number of aromatic nitrogens is 2. The van der Waals surface area contributed by atoms with E-state index in [1.807, 2.05) is 0 Å². The van der Waals surface area contributed by atoms with Crippen LogP contribution in [-0.2, 0) is 17.1 Å². The molecule has 0 spiro atoms. The first-order chi connectivity index (χ1) is 13.2. The van der Waals surface area contributed by atoms with E-state index < -0.39 is 49.9 Å². The lowest BCUT2D eigenvalue weighted by molar-refractivity contribution is -0.00488. The normalized spacial score (nSPS) is 13.6. The van der Waals surface area contributed by atoms with E-state index in [1.54, 1.807) is 4.72 Å². The maximum atomic E-state index is 13.3. The number of rotatable bonds is 7. The molecule has 2 N–H and O–H groups in total. The Balaban J connectivity index is 2.33. The maximum absolute atomic E-state index is 13.3. The Labute approximate surface area is 169 Å². The number of aryl methyl sites for hydroxylation is 1. The van der Waals surface area contributed by atoms with Crippen molar-refractivity contribution >= 4 is 33.2 Å². The van der Waals surface area contributed by atoms with E-state index in [4.69, 9.17) is 11.6 Å². The van der Waals surface area contributed by atoms with Crippen LogP contribution in [0.25, 0.3) is 0 Å². The molecule has 7 nitrogen and oxygen atoms in total. The standard InChI is InChI=1S/C16H17ClF4N4O3S/c1-8(16(2,20)21)24-29(27,28)11-7-25(3)13(12(11)17)15(26)23-9-4-5-22-10(6-9)14(18)19/h4-8,14,24H,1-3H3,(H,22,23,26). The molecular weight excluding hydrogens is 440 g/mol. The first-order valence-electron chi connectivity index (χ1n) is 8.04. The van der Waals surface area contributed by atoms with Gasteiger partial charge >= 0.3 is 0 Å². The van der Waals surface area contributed by atoms with Crippen LogP contribution < -0.4 is 10.0 Å². The molecule has 0 aliphatic rings. The third kappa shape index (κ3) is 5.25. The van der Waals surface area contributed by atoms with Crippen molar-refractivity contribution in [2.75, 3.05) is 5.32 Å². The van der Waals surface area contributed by atoms with Gasteiger partial charge < -0.3 is 9.88 Å². The van der Waals surface area contributed by atoms with Crippen molar-refractivity contribution in [1.29, 1.82) is 0 Å². The fraction of sp³-hybridized carbons (Fsp3) is 0.375. The summed E-state index contributed by atoms with van der Waals surface area (Å²) in [4.78, 5) is 15.4. The molecular formula is C16H17ClF4N4O3S. The molecule has 1 atom stereocenters. The van der Waals surface area contributed by atoms with Gasteiger partial charge in [-0.25, -0.2) is 30.7 Å². The third-order valence-corrected chi connectivity index (χ3v) is 5.99. The number of carbonyl (C=O) groups is 1. The van der Waals surface area contributed by atoms with E-state index >= 15 is 0 Å². The van der Waals surface area contributed by atoms with Crippen LogP contribution in [0.4, 0.5) is 23.2 Å². The monoisotopic (exact) mass is 456 g/mol. The number of nitrogens with one attached hydrogen (secondary N) is 2. The molecule has 2 aromatic heterocycles. The van der Waals surface area contributed by atoms with Crippen molar-refractivity contribution < 1.29 is 30.8 Å². The Morgan fingerprint density at radius 3 is 2.52 bits per heavy atom. The molecule has 0 radical (unpaired) electrons. The highest BCUT2D eigenvalue weighted by Gasteiger charge is 2.36. The second-order valence-electron chi connectivity index (χ2n) is 6.29. The Morgan fingerprint density at radius 1 is 1.34 bits per heavy atom. The molecule has 0 saturated heterocycles. The van der Waals surface area contributed by atoms with Gasteiger partial charge in [-0.05, 0) is 19.1 Å². The summed E-state index contributed by atoms with van der Waals surface area (Å²) in [5, 5.41) is 1.81. The van der Waals surface area contributed by atoms with Crippen LogP contribution in [0.2, 0.25) is 5.02 Å². The van der Waals surface area contributed by atoms with E-state index in [9.17, 15) is 30.8 Å². The van der Waals surface area contributed by atoms with Gasteiger partial charge in [0.1, 0.15) is 16.3 Å². The smallest absolute Gasteiger partial charge is 0.280 e. The SMILES string of the molecule is CC(NS(=O)(=O)c1cn(C)c(C(=O)Nc2ccnc(C(F)F)c2)c1Cl)C(C)(F)F. The molecule has 0 aliphatic carbocycles. The van der Waals surface area contributed by atoms with Crippen molar-refractivity contribution in [3.8, 4) is 0 Å². The van der Waals surface area contributed by atoms with Crippen molar-refractivity contribution in [2.24, 2.45) is 7.05 Å². The first-order valence-corrected chi connectivity index (χ1v) is 9.90. The van der Waals surface area contributed by atoms with Crippen molar-refractivity contribution in [3.63, 3.8) is 0 Å². The van der Waals surface area contributed by atoms with E-state index in [0.29, 0.717) is 6.92 Å². The molecule has 0 aromatic carbocycles. The Bertz CT molecular complexity index is 1020. The highest BCUT2D eigenvalue weighted by atomic mass is 35.5. The average Bonchev–Trinajstić information content (AvgIpc) is 2.89. The largest absolute Gasteiger partial charge is 0.344 e. The van der Waals surface area contributed by atoms with Gasteiger partial charge in [0.05, 0.1) is 11.1 Å². The molecule has 1 amide bonds. The minimum Gasteiger partial charge on any atom is -0.344 e. The fourth-order valence-corrected chi connectivity index (χ4v) is 4.25. The minimum atomic E-state index is -4.47. The Hall–Kier alpha value is -2.18. The number of sulfonamides is 1. The highest BCUT2D eigenvalue weighted by Crippen LogP contribution is 2.29. The van der Waals surface area contributed by atoms with E-state index in [1.165, 1.54) is 13.1 Å². The van der Waals surface area contributed by atoms with Gasteiger partial charge in [-0.15, -0.1) is 0 Å². The topological polar surface area (TPSA) is 93.1 Å². The van der Waals surface area contributed by atoms with Crippen LogP contribution in [-0.4, -0.2) is 35.8 Å². The number of hydrogen-bond acceptors (Lipinski definition) is 4. The van der Waals surface area contributed by atoms with Crippen molar-refractivity contribution in [2.45, 2.75) is 37.1 Å². The summed E-state index contributed by atoms with van der Waals surface area (Å²) in [5.74, 6) is -4.22. The molecule has 0 saturated carbocycles. The molecule has 160 valence electrons. The van der Waals surface area contributed by atoms with Crippen LogP contribution in [0.1, 0.15) is 36.5 Å². The Morgan fingerprint density at radius 2 is 1.97 bits per heavy atom. The van der Waals surface area contributed by atoms with Gasteiger partial charge in [-0.3, -0.25) is 9.78 Å². The summed E-state index contributed by atoms with van der Waals surface area (Å²) >= 11 is 6.03. The predicted octanol–water partition coefficient (Wildman–Crippen LogP) is 3.59. The number of hydrogen-bond donors (Lipinski definition) is 2. The third-order valence-electron chi connectivity index (χ3n) is 3.95. The van der Waals surface area contributed by atoms with Gasteiger partial charge in [0.15, 0.2) is 0 Å². The molecule has 2 rings (SSSR count). The van der Waals surface area contributed by atoms with Crippen LogP contribution >= 0.6 is 11.6 Å². The maximum Gasteiger partial charge on any atom is 0.280 e. The predicted molar refractivity (Wildman–Crippen MR) is 98.0 cm³/mol. The summed E-state index contributed by atoms with van der Waals surface area (Å²) in [6, 6.07) is 0.472. The van der Waals surface area contributed by atoms with Crippen molar-refractivity contribution in [1.82, 2.24) is 14.3 Å². The van der Waals surface area contributed by atoms with E-state index in [-0.39, 0.29) is 11.4 Å². The van der Waals surface area contributed by atoms with E-state index in [2.05, 4.69) is 10.3 Å². The lowest BCUT2D eigenvalue weighted by atomic mass is 10.2. The zero-order valence-electron chi connectivity index (χ0n) is 15.4. The number of halogens is 5. The number of alkyl halides is 4. The summed E-state index contributed by atoms with van der Waals surface area (Å²) in [6.07, 6.45) is -0.806. The number of nitrogens with zero attached hydrogens (tertiary/aromatic N) is 2. The minimum absolute atomic E-state index is 0.0145. The summed E-state index contributed by atoms with van der Waals surface area (Å²) in [7, 11) is -3.16. The lowest BCUT2D eigenvalue weighted by Gasteiger charge is -2.20. The summed E-state index contributed by atoms with van der Waals surface area (Å²) in [5.41, 5.74) is -0.888. The molecule has 1 unspecified atom stereocenters. The van der Waals surface area contributed by atoms with Crippen LogP contribution in [0.15, 0.2) is 29.4 Å². The molecule has 0 fully saturated rings. The fourth-order valence-electron chi connectivity index (χ4n) is 2.25. The second-order valence-corrected chi connectivity index (χ2v) is 8.35. The quantitative estimate of drug-likeness (QED) is 0.623. The average molecular weight is 457 g/mol. The number of pyridine rings is 1. The van der Waals surface area contributed by atoms with Gasteiger partial charge in [-0.1, -0.05) is 11.6 Å². The van der Waals surface area contributed by atoms with Gasteiger partial charge in [0.2, 0.25) is 10.0 Å². The lowest BCUT2D eigenvalue weighted by Crippen LogP contribution is -2.43. The van der Waals surface area contributed by atoms with Gasteiger partial charge in [-0.2, -0.15) is 0 Å². The molecule has 29 heavy (non-hydrogen) atoms. The number of anilines is 1. The first kappa shape index (κ1) is 23.1. The van der Waals surface area contributed by atoms with Crippen LogP contribution in [0, 0.1) is 0 Å². The molecule has 2 heterocycles. The van der Waals surface area contributed by atoms with Crippen LogP contribution in [0.3, 0.4) is 0 Å². The summed E-state index contributed by atoms with van der Waals surface area (Å²) < 4.78 is 79.8. The summed E-state index contributed by atoms with van der Waals surface area (Å²) in [6.45, 7) is 1.53. The van der Waals surface area contributed by atoms with E-state index in [0.717, 1.165) is 30.0 Å². The number of carbonyl (C=O) groups excluding carboxylic acids is 1.